The number of aromatic nitrogens is 2. The van der Waals surface area contributed by atoms with Gasteiger partial charge < -0.3 is 24.3 Å². The van der Waals surface area contributed by atoms with E-state index in [4.69, 9.17) is 20.6 Å². The lowest BCUT2D eigenvalue weighted by atomic mass is 10.1. The molecule has 60 heavy (non-hydrogen) atoms. The van der Waals surface area contributed by atoms with Crippen LogP contribution in [0, 0.1) is 31.9 Å². The lowest BCUT2D eigenvalue weighted by Gasteiger charge is -2.46. The standard InChI is InChI=1S/C19H29FN2O4Si.C13H15FN2O4.C6H15ClSi.C3H4N2/c1-19(2,3)27(4,5)26-16-12-21(13-16)18(23)8-6-7-14-9-10-15(22(24)25)11-17(14)20;14-12-6-10(16(19)20)5-4-9(12)2-1-3-13(18)15-7-11(17)8-15;1-6(2,3)8(4,5)7;1-2-5-3-4-1/h9-11,16H,6-8,12-13H2,1-5H3;4-6,11,17H,1-3,7-8H2;1-5H3;1-3H,(H,4,5). The Kier molecular flexibility index (Phi) is 19.6. The summed E-state index contributed by atoms with van der Waals surface area (Å²) in [7, 11) is -3.20. The Morgan fingerprint density at radius 3 is 1.53 bits per heavy atom. The molecule has 334 valence electrons. The van der Waals surface area contributed by atoms with Crippen LogP contribution in [0.5, 0.6) is 0 Å². The second kappa shape index (κ2) is 22.7. The highest BCUT2D eigenvalue weighted by Crippen LogP contribution is 2.39. The Morgan fingerprint density at radius 1 is 0.833 bits per heavy atom. The number of aliphatic hydroxyl groups is 1. The summed E-state index contributed by atoms with van der Waals surface area (Å²) in [4.78, 5) is 53.5. The third-order valence-corrected chi connectivity index (χ3v) is 20.8. The summed E-state index contributed by atoms with van der Waals surface area (Å²) >= 11 is 6.15. The van der Waals surface area contributed by atoms with Crippen molar-refractivity contribution in [3.63, 3.8) is 0 Å². The number of aryl methyl sites for hydroxylation is 2. The molecule has 3 aromatic rings. The number of halogens is 3. The van der Waals surface area contributed by atoms with E-state index in [2.05, 4.69) is 77.7 Å². The van der Waals surface area contributed by atoms with E-state index in [0.717, 1.165) is 12.1 Å². The topological polar surface area (TPSA) is 185 Å². The molecule has 19 heteroatoms. The minimum atomic E-state index is -1.82. The molecule has 1 aromatic heterocycles. The predicted octanol–water partition coefficient (Wildman–Crippen LogP) is 9.19. The second-order valence-electron chi connectivity index (χ2n) is 18.0. The Hall–Kier alpha value is -4.11. The van der Waals surface area contributed by atoms with Crippen LogP contribution in [0.15, 0.2) is 55.1 Å². The molecule has 3 heterocycles. The maximum atomic E-state index is 13.9. The number of rotatable bonds is 12. The molecule has 2 aromatic carbocycles. The van der Waals surface area contributed by atoms with Crippen LogP contribution in [0.1, 0.15) is 78.4 Å². The van der Waals surface area contributed by atoms with Gasteiger partial charge in [0.2, 0.25) is 11.8 Å². The minimum Gasteiger partial charge on any atom is -0.410 e. The van der Waals surface area contributed by atoms with E-state index in [9.17, 15) is 38.6 Å². The molecule has 2 aliphatic rings. The van der Waals surface area contributed by atoms with Crippen molar-refractivity contribution in [2.24, 2.45) is 0 Å². The van der Waals surface area contributed by atoms with Gasteiger partial charge in [0.25, 0.3) is 11.4 Å². The first-order valence-corrected chi connectivity index (χ1v) is 26.9. The average Bonchev–Trinajstić information content (AvgIpc) is 3.69. The molecule has 0 aliphatic carbocycles. The van der Waals surface area contributed by atoms with Crippen molar-refractivity contribution in [2.45, 2.75) is 129 Å². The number of hydrogen-bond acceptors (Lipinski definition) is 9. The number of carbonyl (C=O) groups is 2. The van der Waals surface area contributed by atoms with Crippen molar-refractivity contribution < 1.29 is 37.7 Å². The number of benzene rings is 2. The van der Waals surface area contributed by atoms with Gasteiger partial charge in [-0.05, 0) is 72.1 Å². The van der Waals surface area contributed by atoms with Crippen LogP contribution < -0.4 is 0 Å². The molecule has 0 atom stereocenters. The van der Waals surface area contributed by atoms with E-state index in [1.54, 1.807) is 28.5 Å². The summed E-state index contributed by atoms with van der Waals surface area (Å²) in [6, 6.07) is 7.17. The van der Waals surface area contributed by atoms with E-state index in [-0.39, 0.29) is 40.8 Å². The number of non-ortho nitro benzene ring substituents is 2. The Bertz CT molecular complexity index is 1830. The molecule has 2 fully saturated rings. The zero-order valence-corrected chi connectivity index (χ0v) is 39.4. The van der Waals surface area contributed by atoms with Gasteiger partial charge in [0.1, 0.15) is 11.6 Å². The maximum absolute atomic E-state index is 13.9. The highest BCUT2D eigenvalue weighted by molar-refractivity contribution is 7.20. The number of aliphatic hydroxyl groups excluding tert-OH is 1. The third kappa shape index (κ3) is 17.1. The number of hydrogen-bond donors (Lipinski definition) is 2. The van der Waals surface area contributed by atoms with Gasteiger partial charge in [-0.25, -0.2) is 13.8 Å². The molecular formula is C41H63ClF2N6O8Si2. The molecule has 0 saturated carbocycles. The number of β-amino-alcohol motifs (C(OH)–C–C–N with tert-alkyl or cyclic N) is 1. The lowest BCUT2D eigenvalue weighted by molar-refractivity contribution is -0.385. The van der Waals surface area contributed by atoms with E-state index >= 15 is 0 Å². The van der Waals surface area contributed by atoms with Crippen LogP contribution in [0.4, 0.5) is 20.2 Å². The smallest absolute Gasteiger partial charge is 0.272 e. The van der Waals surface area contributed by atoms with Crippen LogP contribution in [-0.4, -0.2) is 101 Å². The lowest BCUT2D eigenvalue weighted by Crippen LogP contribution is -2.59. The van der Waals surface area contributed by atoms with Crippen molar-refractivity contribution in [3.8, 4) is 0 Å². The van der Waals surface area contributed by atoms with Gasteiger partial charge in [0, 0.05) is 63.5 Å². The number of nitrogens with zero attached hydrogens (tertiary/aromatic N) is 5. The van der Waals surface area contributed by atoms with Crippen LogP contribution in [0.25, 0.3) is 0 Å². The fourth-order valence-electron chi connectivity index (χ4n) is 5.07. The number of nitro benzene ring substituents is 2. The van der Waals surface area contributed by atoms with Crippen molar-refractivity contribution in [1.82, 2.24) is 19.8 Å². The van der Waals surface area contributed by atoms with Gasteiger partial charge in [0.15, 0.2) is 15.7 Å². The van der Waals surface area contributed by atoms with Crippen LogP contribution in [0.2, 0.25) is 36.3 Å². The summed E-state index contributed by atoms with van der Waals surface area (Å²) in [5, 5.41) is 30.7. The number of amides is 2. The van der Waals surface area contributed by atoms with Crippen molar-refractivity contribution in [3.05, 3.63) is 98.1 Å². The zero-order chi connectivity index (χ0) is 45.6. The molecule has 5 rings (SSSR count). The zero-order valence-electron chi connectivity index (χ0n) is 36.6. The van der Waals surface area contributed by atoms with Gasteiger partial charge in [-0.3, -0.25) is 29.8 Å². The number of likely N-dealkylation sites (tertiary alicyclic amines) is 2. The number of carbonyl (C=O) groups excluding carboxylic acids is 2. The summed E-state index contributed by atoms with van der Waals surface area (Å²) < 4.78 is 33.7. The Balaban J connectivity index is 0.000000325. The molecule has 2 amide bonds. The van der Waals surface area contributed by atoms with Gasteiger partial charge in [-0.2, -0.15) is 11.1 Å². The number of imidazole rings is 1. The largest absolute Gasteiger partial charge is 0.410 e. The number of nitrogens with one attached hydrogen (secondary N) is 1. The second-order valence-corrected chi connectivity index (χ2v) is 30.0. The first-order chi connectivity index (χ1) is 27.6. The van der Waals surface area contributed by atoms with Crippen LogP contribution in [-0.2, 0) is 26.9 Å². The monoisotopic (exact) mass is 896 g/mol. The molecule has 0 unspecified atom stereocenters. The van der Waals surface area contributed by atoms with Crippen LogP contribution >= 0.6 is 11.1 Å². The quantitative estimate of drug-likeness (QED) is 0.0774. The molecule has 0 radical (unpaired) electrons. The summed E-state index contributed by atoms with van der Waals surface area (Å²) in [5.41, 5.74) is 0.223. The highest BCUT2D eigenvalue weighted by Gasteiger charge is 2.42. The average molecular weight is 898 g/mol. The number of H-pyrrole nitrogens is 1. The Morgan fingerprint density at radius 2 is 1.25 bits per heavy atom. The SMILES string of the molecule is CC(C)(C)[Si](C)(C)Cl.CC(C)(C)[Si](C)(C)OC1CN(C(=O)CCCc2ccc([N+](=O)[O-])cc2F)C1.O=C(CCCc1ccc([N+](=O)[O-])cc1F)N1CC(O)C1.c1c[nH]cn1. The number of aromatic amines is 1. The summed E-state index contributed by atoms with van der Waals surface area (Å²) in [5.74, 6) is -1.22. The van der Waals surface area contributed by atoms with Gasteiger partial charge in [-0.15, -0.1) is 0 Å². The fraction of sp³-hybridized carbons (Fsp3) is 0.585. The minimum absolute atomic E-state index is 0.0485. The van der Waals surface area contributed by atoms with E-state index < -0.39 is 43.3 Å². The van der Waals surface area contributed by atoms with Gasteiger partial charge in [-0.1, -0.05) is 54.6 Å². The molecule has 2 saturated heterocycles. The third-order valence-electron chi connectivity index (χ3n) is 11.0. The Labute approximate surface area is 359 Å². The van der Waals surface area contributed by atoms with Crippen molar-refractivity contribution >= 4 is 50.0 Å². The normalized spacial score (nSPS) is 14.6. The summed E-state index contributed by atoms with van der Waals surface area (Å²) in [6.45, 7) is 23.9. The van der Waals surface area contributed by atoms with E-state index in [1.807, 2.05) is 0 Å². The van der Waals surface area contributed by atoms with E-state index in [0.29, 0.717) is 74.4 Å². The van der Waals surface area contributed by atoms with Crippen molar-refractivity contribution in [2.75, 3.05) is 26.2 Å². The maximum Gasteiger partial charge on any atom is 0.272 e. The molecule has 2 aliphatic heterocycles. The highest BCUT2D eigenvalue weighted by atomic mass is 35.6. The first-order valence-electron chi connectivity index (χ1n) is 20.0. The number of nitro groups is 2. The predicted molar refractivity (Wildman–Crippen MR) is 235 cm³/mol. The molecule has 2 N–H and O–H groups in total. The fourth-order valence-corrected chi connectivity index (χ4v) is 6.40. The van der Waals surface area contributed by atoms with Gasteiger partial charge in [0.05, 0.1) is 40.5 Å². The van der Waals surface area contributed by atoms with Crippen LogP contribution in [0.3, 0.4) is 0 Å². The molecule has 0 spiro atoms. The first kappa shape index (κ1) is 52.0. The van der Waals surface area contributed by atoms with E-state index in [1.165, 1.54) is 24.3 Å². The molecule has 14 nitrogen and oxygen atoms in total. The summed E-state index contributed by atoms with van der Waals surface area (Å²) in [6.07, 6.45) is 7.11. The van der Waals surface area contributed by atoms with Gasteiger partial charge >= 0.3 is 0 Å². The van der Waals surface area contributed by atoms with Crippen molar-refractivity contribution in [1.29, 1.82) is 0 Å². The molecule has 0 bridgehead atoms. The molecular weight excluding hydrogens is 834 g/mol.